The number of hydrogen-bond donors (Lipinski definition) is 1. The van der Waals surface area contributed by atoms with Gasteiger partial charge in [-0.2, -0.15) is 0 Å². The zero-order valence-corrected chi connectivity index (χ0v) is 10.7. The van der Waals surface area contributed by atoms with E-state index in [9.17, 15) is 0 Å². The van der Waals surface area contributed by atoms with Crippen molar-refractivity contribution in [2.45, 2.75) is 20.4 Å². The quantitative estimate of drug-likeness (QED) is 0.839. The molecule has 0 atom stereocenters. The molecule has 2 heterocycles. The lowest BCUT2D eigenvalue weighted by Crippen LogP contribution is -2.09. The number of halogens is 1. The average molecular weight is 253 g/mol. The van der Waals surface area contributed by atoms with Gasteiger partial charge < -0.3 is 9.88 Å². The van der Waals surface area contributed by atoms with Crippen LogP contribution in [-0.4, -0.2) is 24.7 Å². The third kappa shape index (κ3) is 2.52. The van der Waals surface area contributed by atoms with Crippen LogP contribution in [0.3, 0.4) is 0 Å². The molecule has 0 amide bonds. The summed E-state index contributed by atoms with van der Waals surface area (Å²) >= 11 is 5.99. The number of nitrogens with zero attached hydrogens (tertiary/aromatic N) is 5. The van der Waals surface area contributed by atoms with Crippen LogP contribution in [0.1, 0.15) is 17.2 Å². The maximum atomic E-state index is 5.99. The molecule has 0 bridgehead atoms. The monoisotopic (exact) mass is 252 g/mol. The SMILES string of the molecule is Cc1nc(Cl)c(C)c(NCc2nncn2C)n1. The van der Waals surface area contributed by atoms with Crippen molar-refractivity contribution in [3.05, 3.63) is 28.7 Å². The summed E-state index contributed by atoms with van der Waals surface area (Å²) in [5.41, 5.74) is 0.833. The number of anilines is 1. The van der Waals surface area contributed by atoms with Crippen LogP contribution in [0.5, 0.6) is 0 Å². The molecular weight excluding hydrogens is 240 g/mol. The Kier molecular flexibility index (Phi) is 3.23. The van der Waals surface area contributed by atoms with Gasteiger partial charge in [-0.05, 0) is 13.8 Å². The van der Waals surface area contributed by atoms with Crippen molar-refractivity contribution in [3.63, 3.8) is 0 Å². The van der Waals surface area contributed by atoms with Gasteiger partial charge in [-0.15, -0.1) is 10.2 Å². The molecule has 0 aliphatic carbocycles. The second-order valence-corrected chi connectivity index (χ2v) is 4.10. The predicted molar refractivity (Wildman–Crippen MR) is 64.8 cm³/mol. The first kappa shape index (κ1) is 11.8. The Morgan fingerprint density at radius 1 is 1.35 bits per heavy atom. The summed E-state index contributed by atoms with van der Waals surface area (Å²) in [7, 11) is 1.89. The molecule has 90 valence electrons. The smallest absolute Gasteiger partial charge is 0.151 e. The largest absolute Gasteiger partial charge is 0.362 e. The van der Waals surface area contributed by atoms with E-state index in [1.807, 2.05) is 18.5 Å². The predicted octanol–water partition coefficient (Wildman–Crippen LogP) is 1.49. The molecule has 2 aromatic heterocycles. The third-order valence-electron chi connectivity index (χ3n) is 2.42. The van der Waals surface area contributed by atoms with E-state index in [1.165, 1.54) is 0 Å². The minimum atomic E-state index is 0.470. The van der Waals surface area contributed by atoms with Crippen LogP contribution in [0.4, 0.5) is 5.82 Å². The first-order valence-electron chi connectivity index (χ1n) is 5.15. The van der Waals surface area contributed by atoms with E-state index in [-0.39, 0.29) is 0 Å². The van der Waals surface area contributed by atoms with Crippen LogP contribution in [0.15, 0.2) is 6.33 Å². The summed E-state index contributed by atoms with van der Waals surface area (Å²) < 4.78 is 1.85. The molecule has 0 aliphatic heterocycles. The normalized spacial score (nSPS) is 10.6. The maximum absolute atomic E-state index is 5.99. The maximum Gasteiger partial charge on any atom is 0.151 e. The van der Waals surface area contributed by atoms with E-state index in [4.69, 9.17) is 11.6 Å². The molecule has 1 N–H and O–H groups in total. The summed E-state index contributed by atoms with van der Waals surface area (Å²) in [5, 5.41) is 11.4. The Labute approximate surface area is 104 Å². The molecule has 0 aromatic carbocycles. The van der Waals surface area contributed by atoms with Crippen molar-refractivity contribution in [2.24, 2.45) is 7.05 Å². The molecule has 2 aromatic rings. The molecule has 0 unspecified atom stereocenters. The minimum absolute atomic E-state index is 0.470. The highest BCUT2D eigenvalue weighted by atomic mass is 35.5. The average Bonchev–Trinajstić information content (AvgIpc) is 2.67. The lowest BCUT2D eigenvalue weighted by atomic mass is 10.3. The lowest BCUT2D eigenvalue weighted by molar-refractivity contribution is 0.808. The molecule has 0 spiro atoms. The van der Waals surface area contributed by atoms with Crippen LogP contribution in [0.25, 0.3) is 0 Å². The van der Waals surface area contributed by atoms with E-state index in [0.717, 1.165) is 17.2 Å². The van der Waals surface area contributed by atoms with E-state index in [1.54, 1.807) is 13.3 Å². The van der Waals surface area contributed by atoms with Crippen LogP contribution < -0.4 is 5.32 Å². The van der Waals surface area contributed by atoms with Crippen molar-refractivity contribution in [3.8, 4) is 0 Å². The summed E-state index contributed by atoms with van der Waals surface area (Å²) in [6, 6.07) is 0. The van der Waals surface area contributed by atoms with E-state index in [2.05, 4.69) is 25.5 Å². The number of aryl methyl sites for hydroxylation is 2. The summed E-state index contributed by atoms with van der Waals surface area (Å²) in [6.07, 6.45) is 1.65. The number of hydrogen-bond acceptors (Lipinski definition) is 5. The Morgan fingerprint density at radius 3 is 2.76 bits per heavy atom. The first-order valence-corrected chi connectivity index (χ1v) is 5.53. The molecule has 2 rings (SSSR count). The first-order chi connectivity index (χ1) is 8.08. The summed E-state index contributed by atoms with van der Waals surface area (Å²) in [6.45, 7) is 4.23. The summed E-state index contributed by atoms with van der Waals surface area (Å²) in [4.78, 5) is 8.38. The van der Waals surface area contributed by atoms with Gasteiger partial charge in [-0.3, -0.25) is 0 Å². The van der Waals surface area contributed by atoms with Crippen LogP contribution >= 0.6 is 11.6 Å². The highest BCUT2D eigenvalue weighted by molar-refractivity contribution is 6.30. The van der Waals surface area contributed by atoms with E-state index in [0.29, 0.717) is 17.5 Å². The zero-order valence-electron chi connectivity index (χ0n) is 9.90. The second-order valence-electron chi connectivity index (χ2n) is 3.75. The molecule has 6 nitrogen and oxygen atoms in total. The van der Waals surface area contributed by atoms with Crippen molar-refractivity contribution in [2.75, 3.05) is 5.32 Å². The molecular formula is C10H13ClN6. The highest BCUT2D eigenvalue weighted by Gasteiger charge is 2.08. The molecule has 0 aliphatic rings. The van der Waals surface area contributed by atoms with Crippen molar-refractivity contribution in [1.82, 2.24) is 24.7 Å². The standard InChI is InChI=1S/C10H13ClN6/c1-6-9(11)14-7(2)15-10(6)12-4-8-16-13-5-17(8)3/h5H,4H2,1-3H3,(H,12,14,15). The van der Waals surface area contributed by atoms with E-state index < -0.39 is 0 Å². The number of rotatable bonds is 3. The molecule has 17 heavy (non-hydrogen) atoms. The van der Waals surface area contributed by atoms with Crippen LogP contribution in [0.2, 0.25) is 5.15 Å². The molecule has 0 radical (unpaired) electrons. The van der Waals surface area contributed by atoms with Crippen molar-refractivity contribution in [1.29, 1.82) is 0 Å². The Hall–Kier alpha value is -1.69. The minimum Gasteiger partial charge on any atom is -0.362 e. The van der Waals surface area contributed by atoms with E-state index >= 15 is 0 Å². The fourth-order valence-electron chi connectivity index (χ4n) is 1.40. The fraction of sp³-hybridized carbons (Fsp3) is 0.400. The highest BCUT2D eigenvalue weighted by Crippen LogP contribution is 2.19. The second kappa shape index (κ2) is 4.67. The van der Waals surface area contributed by atoms with Crippen LogP contribution in [0, 0.1) is 13.8 Å². The Balaban J connectivity index is 2.17. The molecule has 0 fully saturated rings. The van der Waals surface area contributed by atoms with Gasteiger partial charge in [0, 0.05) is 12.6 Å². The van der Waals surface area contributed by atoms with Gasteiger partial charge in [-0.1, -0.05) is 11.6 Å². The van der Waals surface area contributed by atoms with Gasteiger partial charge in [0.15, 0.2) is 5.82 Å². The zero-order chi connectivity index (χ0) is 12.4. The topological polar surface area (TPSA) is 68.5 Å². The van der Waals surface area contributed by atoms with Crippen molar-refractivity contribution < 1.29 is 0 Å². The van der Waals surface area contributed by atoms with Gasteiger partial charge in [0.25, 0.3) is 0 Å². The van der Waals surface area contributed by atoms with Gasteiger partial charge in [-0.25, -0.2) is 9.97 Å². The lowest BCUT2D eigenvalue weighted by Gasteiger charge is -2.09. The number of nitrogens with one attached hydrogen (secondary N) is 1. The number of aromatic nitrogens is 5. The third-order valence-corrected chi connectivity index (χ3v) is 2.79. The summed E-state index contributed by atoms with van der Waals surface area (Å²) in [5.74, 6) is 2.20. The fourth-order valence-corrected chi connectivity index (χ4v) is 1.61. The van der Waals surface area contributed by atoms with Gasteiger partial charge in [0.05, 0.1) is 6.54 Å². The molecule has 0 saturated heterocycles. The van der Waals surface area contributed by atoms with Gasteiger partial charge in [0.2, 0.25) is 0 Å². The molecule has 0 saturated carbocycles. The van der Waals surface area contributed by atoms with Crippen molar-refractivity contribution >= 4 is 17.4 Å². The van der Waals surface area contributed by atoms with Gasteiger partial charge in [0.1, 0.15) is 23.1 Å². The van der Waals surface area contributed by atoms with Gasteiger partial charge >= 0.3 is 0 Å². The Bertz CT molecular complexity index is 536. The molecule has 7 heteroatoms. The van der Waals surface area contributed by atoms with Crippen LogP contribution in [-0.2, 0) is 13.6 Å². The Morgan fingerprint density at radius 2 is 2.12 bits per heavy atom.